The molecule has 0 saturated heterocycles. The highest BCUT2D eigenvalue weighted by Gasteiger charge is 2.08. The molecule has 92 valence electrons. The van der Waals surface area contributed by atoms with Gasteiger partial charge < -0.3 is 5.32 Å². The minimum absolute atomic E-state index is 0.210. The van der Waals surface area contributed by atoms with Crippen LogP contribution >= 0.6 is 15.9 Å². The van der Waals surface area contributed by atoms with Crippen LogP contribution in [0.3, 0.4) is 0 Å². The fraction of sp³-hybridized carbons (Fsp3) is 0. The molecule has 0 saturated carbocycles. The number of anilines is 1. The van der Waals surface area contributed by atoms with Crippen molar-refractivity contribution in [2.45, 2.75) is 0 Å². The standard InChI is InChI=1S/C13H8BrF2NO/c14-9-3-1-8(2-4-9)13(18)17-10-5-6-11(15)12(16)7-10/h1-7H,(H,17,18). The molecule has 0 aliphatic carbocycles. The highest BCUT2D eigenvalue weighted by molar-refractivity contribution is 9.10. The van der Waals surface area contributed by atoms with Gasteiger partial charge in [0.2, 0.25) is 0 Å². The molecule has 2 aromatic rings. The summed E-state index contributed by atoms with van der Waals surface area (Å²) in [7, 11) is 0. The molecular weight excluding hydrogens is 304 g/mol. The van der Waals surface area contributed by atoms with Crippen LogP contribution in [0.25, 0.3) is 0 Å². The van der Waals surface area contributed by atoms with Gasteiger partial charge in [0.1, 0.15) is 0 Å². The van der Waals surface area contributed by atoms with Crippen molar-refractivity contribution < 1.29 is 13.6 Å². The Kier molecular flexibility index (Phi) is 3.72. The van der Waals surface area contributed by atoms with E-state index in [-0.39, 0.29) is 11.6 Å². The molecule has 2 rings (SSSR count). The number of carbonyl (C=O) groups excluding carboxylic acids is 1. The van der Waals surface area contributed by atoms with Gasteiger partial charge in [-0.3, -0.25) is 4.79 Å². The van der Waals surface area contributed by atoms with Gasteiger partial charge in [-0.2, -0.15) is 0 Å². The first-order valence-corrected chi connectivity index (χ1v) is 5.87. The second kappa shape index (κ2) is 5.27. The molecule has 0 aromatic heterocycles. The van der Waals surface area contributed by atoms with Crippen molar-refractivity contribution in [1.82, 2.24) is 0 Å². The Balaban J connectivity index is 2.16. The lowest BCUT2D eigenvalue weighted by molar-refractivity contribution is 0.102. The van der Waals surface area contributed by atoms with Crippen LogP contribution < -0.4 is 5.32 Å². The first-order valence-electron chi connectivity index (χ1n) is 5.08. The zero-order valence-corrected chi connectivity index (χ0v) is 10.7. The Hall–Kier alpha value is -1.75. The van der Waals surface area contributed by atoms with Gasteiger partial charge in [0.15, 0.2) is 11.6 Å². The van der Waals surface area contributed by atoms with Crippen LogP contribution in [0.2, 0.25) is 0 Å². The van der Waals surface area contributed by atoms with Gasteiger partial charge in [0.05, 0.1) is 0 Å². The molecule has 2 aromatic carbocycles. The van der Waals surface area contributed by atoms with Gasteiger partial charge in [-0.25, -0.2) is 8.78 Å². The average Bonchev–Trinajstić information content (AvgIpc) is 2.34. The highest BCUT2D eigenvalue weighted by atomic mass is 79.9. The van der Waals surface area contributed by atoms with E-state index < -0.39 is 11.6 Å². The second-order valence-electron chi connectivity index (χ2n) is 3.59. The quantitative estimate of drug-likeness (QED) is 0.893. The second-order valence-corrected chi connectivity index (χ2v) is 4.51. The first kappa shape index (κ1) is 12.7. The van der Waals surface area contributed by atoms with Crippen molar-refractivity contribution in [2.75, 3.05) is 5.32 Å². The molecule has 1 amide bonds. The van der Waals surface area contributed by atoms with Crippen LogP contribution in [-0.2, 0) is 0 Å². The molecule has 5 heteroatoms. The van der Waals surface area contributed by atoms with Crippen molar-refractivity contribution in [1.29, 1.82) is 0 Å². The fourth-order valence-electron chi connectivity index (χ4n) is 1.38. The molecule has 0 unspecified atom stereocenters. The van der Waals surface area contributed by atoms with Crippen molar-refractivity contribution in [3.05, 3.63) is 64.1 Å². The average molecular weight is 312 g/mol. The van der Waals surface area contributed by atoms with E-state index in [1.54, 1.807) is 24.3 Å². The molecule has 0 fully saturated rings. The zero-order chi connectivity index (χ0) is 13.1. The Morgan fingerprint density at radius 3 is 2.28 bits per heavy atom. The van der Waals surface area contributed by atoms with E-state index in [1.807, 2.05) is 0 Å². The Bertz CT molecular complexity index is 584. The SMILES string of the molecule is O=C(Nc1ccc(F)c(F)c1)c1ccc(Br)cc1. The van der Waals surface area contributed by atoms with Crippen molar-refractivity contribution in [3.63, 3.8) is 0 Å². The molecule has 0 spiro atoms. The van der Waals surface area contributed by atoms with Gasteiger partial charge >= 0.3 is 0 Å². The topological polar surface area (TPSA) is 29.1 Å². The minimum atomic E-state index is -0.997. The van der Waals surface area contributed by atoms with E-state index in [0.29, 0.717) is 5.56 Å². The van der Waals surface area contributed by atoms with Crippen LogP contribution in [0, 0.1) is 11.6 Å². The molecule has 2 nitrogen and oxygen atoms in total. The van der Waals surface area contributed by atoms with E-state index in [9.17, 15) is 13.6 Å². The van der Waals surface area contributed by atoms with E-state index in [0.717, 1.165) is 16.6 Å². The monoisotopic (exact) mass is 311 g/mol. The Labute approximate surface area is 111 Å². The van der Waals surface area contributed by atoms with Crippen LogP contribution in [0.5, 0.6) is 0 Å². The minimum Gasteiger partial charge on any atom is -0.322 e. The molecule has 0 radical (unpaired) electrons. The van der Waals surface area contributed by atoms with Gasteiger partial charge in [-0.15, -0.1) is 0 Å². The summed E-state index contributed by atoms with van der Waals surface area (Å²) in [6, 6.07) is 9.90. The van der Waals surface area contributed by atoms with Crippen LogP contribution in [0.4, 0.5) is 14.5 Å². The maximum absolute atomic E-state index is 13.0. The summed E-state index contributed by atoms with van der Waals surface area (Å²) in [6.45, 7) is 0. The molecule has 0 atom stereocenters. The van der Waals surface area contributed by atoms with E-state index in [1.165, 1.54) is 6.07 Å². The van der Waals surface area contributed by atoms with Crippen molar-refractivity contribution >= 4 is 27.5 Å². The number of halogens is 3. The largest absolute Gasteiger partial charge is 0.322 e. The maximum atomic E-state index is 13.0. The fourth-order valence-corrected chi connectivity index (χ4v) is 1.64. The van der Waals surface area contributed by atoms with Crippen LogP contribution in [0.15, 0.2) is 46.9 Å². The molecule has 0 bridgehead atoms. The summed E-state index contributed by atoms with van der Waals surface area (Å²) in [5, 5.41) is 2.48. The lowest BCUT2D eigenvalue weighted by Crippen LogP contribution is -2.11. The van der Waals surface area contributed by atoms with Gasteiger partial charge in [0.25, 0.3) is 5.91 Å². The summed E-state index contributed by atoms with van der Waals surface area (Å²) in [4.78, 5) is 11.8. The van der Waals surface area contributed by atoms with Crippen molar-refractivity contribution in [2.24, 2.45) is 0 Å². The number of carbonyl (C=O) groups is 1. The summed E-state index contributed by atoms with van der Waals surface area (Å²) in [6.07, 6.45) is 0. The molecule has 0 heterocycles. The molecular formula is C13H8BrF2NO. The number of nitrogens with one attached hydrogen (secondary N) is 1. The predicted octanol–water partition coefficient (Wildman–Crippen LogP) is 3.98. The molecule has 18 heavy (non-hydrogen) atoms. The van der Waals surface area contributed by atoms with Crippen molar-refractivity contribution in [3.8, 4) is 0 Å². The van der Waals surface area contributed by atoms with Gasteiger partial charge in [-0.05, 0) is 36.4 Å². The number of hydrogen-bond donors (Lipinski definition) is 1. The third kappa shape index (κ3) is 2.92. The first-order chi connectivity index (χ1) is 8.56. The third-order valence-electron chi connectivity index (χ3n) is 2.28. The van der Waals surface area contributed by atoms with E-state index >= 15 is 0 Å². The summed E-state index contributed by atoms with van der Waals surface area (Å²) >= 11 is 3.26. The van der Waals surface area contributed by atoms with Gasteiger partial charge in [-0.1, -0.05) is 15.9 Å². The summed E-state index contributed by atoms with van der Waals surface area (Å²) in [5.41, 5.74) is 0.643. The number of rotatable bonds is 2. The highest BCUT2D eigenvalue weighted by Crippen LogP contribution is 2.15. The number of hydrogen-bond acceptors (Lipinski definition) is 1. The van der Waals surface area contributed by atoms with Crippen LogP contribution in [0.1, 0.15) is 10.4 Å². The Morgan fingerprint density at radius 2 is 1.67 bits per heavy atom. The Morgan fingerprint density at radius 1 is 1.00 bits per heavy atom. The third-order valence-corrected chi connectivity index (χ3v) is 2.81. The lowest BCUT2D eigenvalue weighted by atomic mass is 10.2. The molecule has 1 N–H and O–H groups in total. The molecule has 0 aliphatic heterocycles. The molecule has 0 aliphatic rings. The predicted molar refractivity (Wildman–Crippen MR) is 68.5 cm³/mol. The van der Waals surface area contributed by atoms with Gasteiger partial charge in [0, 0.05) is 21.8 Å². The van der Waals surface area contributed by atoms with E-state index in [2.05, 4.69) is 21.2 Å². The smallest absolute Gasteiger partial charge is 0.255 e. The normalized spacial score (nSPS) is 10.2. The zero-order valence-electron chi connectivity index (χ0n) is 9.08. The maximum Gasteiger partial charge on any atom is 0.255 e. The van der Waals surface area contributed by atoms with Crippen LogP contribution in [-0.4, -0.2) is 5.91 Å². The van der Waals surface area contributed by atoms with E-state index in [4.69, 9.17) is 0 Å². The summed E-state index contributed by atoms with van der Waals surface area (Å²) in [5.74, 6) is -2.33. The lowest BCUT2D eigenvalue weighted by Gasteiger charge is -2.05. The number of amides is 1. The number of benzene rings is 2. The summed E-state index contributed by atoms with van der Waals surface area (Å²) < 4.78 is 26.5.